The van der Waals surface area contributed by atoms with Gasteiger partial charge in [0.05, 0.1) is 0 Å². The van der Waals surface area contributed by atoms with Crippen molar-refractivity contribution in [3.05, 3.63) is 30.1 Å². The molecule has 1 aromatic carbocycles. The lowest BCUT2D eigenvalue weighted by Gasteiger charge is -2.22. The van der Waals surface area contributed by atoms with Crippen molar-refractivity contribution in [1.82, 2.24) is 5.32 Å². The van der Waals surface area contributed by atoms with E-state index in [-0.39, 0.29) is 24.1 Å². The molecule has 0 aliphatic rings. The Kier molecular flexibility index (Phi) is 7.53. The molecule has 0 saturated heterocycles. The third kappa shape index (κ3) is 6.21. The summed E-state index contributed by atoms with van der Waals surface area (Å²) in [4.78, 5) is 11.9. The number of nitrogens with one attached hydrogen (secondary N) is 1. The molecule has 6 heteroatoms. The van der Waals surface area contributed by atoms with E-state index >= 15 is 0 Å². The molecule has 1 rings (SSSR count). The molecule has 0 aliphatic heterocycles. The van der Waals surface area contributed by atoms with Gasteiger partial charge in [-0.1, -0.05) is 19.1 Å². The van der Waals surface area contributed by atoms with Gasteiger partial charge in [0, 0.05) is 12.1 Å². The smallest absolute Gasteiger partial charge is 0.261 e. The first-order valence-corrected chi connectivity index (χ1v) is 6.31. The summed E-state index contributed by atoms with van der Waals surface area (Å²) >= 11 is 0. The second kappa shape index (κ2) is 8.07. The average molecular weight is 305 g/mol. The van der Waals surface area contributed by atoms with Gasteiger partial charge < -0.3 is 15.8 Å². The van der Waals surface area contributed by atoms with Crippen molar-refractivity contribution in [3.63, 3.8) is 0 Å². The van der Waals surface area contributed by atoms with Crippen molar-refractivity contribution >= 4 is 18.3 Å². The number of hydrogen-bond donors (Lipinski definition) is 2. The van der Waals surface area contributed by atoms with E-state index < -0.39 is 17.5 Å². The quantitative estimate of drug-likeness (QED) is 0.847. The largest absolute Gasteiger partial charge is 0.478 e. The lowest BCUT2D eigenvalue weighted by molar-refractivity contribution is -0.128. The van der Waals surface area contributed by atoms with Crippen LogP contribution in [0.1, 0.15) is 27.2 Å². The molecule has 0 fully saturated rings. The standard InChI is InChI=1S/C14H21FN2O2.ClH/c1-4-11(13(18)17-9-14(2,3)16)19-12-8-6-5-7-10(12)15;/h5-8,11H,4,9,16H2,1-3H3,(H,17,18);1H. The van der Waals surface area contributed by atoms with Crippen LogP contribution in [0.2, 0.25) is 0 Å². The molecule has 0 aromatic heterocycles. The van der Waals surface area contributed by atoms with Gasteiger partial charge in [0.2, 0.25) is 0 Å². The Labute approximate surface area is 125 Å². The van der Waals surface area contributed by atoms with Crippen molar-refractivity contribution in [2.45, 2.75) is 38.8 Å². The topological polar surface area (TPSA) is 64.3 Å². The van der Waals surface area contributed by atoms with Crippen LogP contribution in [0.3, 0.4) is 0 Å². The van der Waals surface area contributed by atoms with E-state index in [0.29, 0.717) is 13.0 Å². The van der Waals surface area contributed by atoms with Crippen LogP contribution in [0.25, 0.3) is 0 Å². The fraction of sp³-hybridized carbons (Fsp3) is 0.500. The maximum Gasteiger partial charge on any atom is 0.261 e. The van der Waals surface area contributed by atoms with E-state index in [1.165, 1.54) is 12.1 Å². The second-order valence-electron chi connectivity index (χ2n) is 5.15. The lowest BCUT2D eigenvalue weighted by Crippen LogP contribution is -2.48. The van der Waals surface area contributed by atoms with Gasteiger partial charge in [0.25, 0.3) is 5.91 Å². The van der Waals surface area contributed by atoms with E-state index in [1.807, 2.05) is 13.8 Å². The summed E-state index contributed by atoms with van der Waals surface area (Å²) in [6.07, 6.45) is -0.273. The summed E-state index contributed by atoms with van der Waals surface area (Å²) in [6.45, 7) is 5.76. The summed E-state index contributed by atoms with van der Waals surface area (Å²) < 4.78 is 18.8. The Morgan fingerprint density at radius 2 is 2.05 bits per heavy atom. The number of ether oxygens (including phenoxy) is 1. The monoisotopic (exact) mass is 304 g/mol. The molecule has 20 heavy (non-hydrogen) atoms. The third-order valence-electron chi connectivity index (χ3n) is 2.49. The van der Waals surface area contributed by atoms with Crippen LogP contribution in [0.15, 0.2) is 24.3 Å². The predicted octanol–water partition coefficient (Wildman–Crippen LogP) is 2.26. The molecule has 0 spiro atoms. The number of rotatable bonds is 6. The minimum atomic E-state index is -0.723. The second-order valence-corrected chi connectivity index (χ2v) is 5.15. The van der Waals surface area contributed by atoms with Gasteiger partial charge in [0.1, 0.15) is 0 Å². The van der Waals surface area contributed by atoms with Gasteiger partial charge >= 0.3 is 0 Å². The van der Waals surface area contributed by atoms with E-state index in [2.05, 4.69) is 5.32 Å². The first kappa shape index (κ1) is 18.7. The van der Waals surface area contributed by atoms with Crippen LogP contribution in [-0.4, -0.2) is 24.1 Å². The fourth-order valence-electron chi connectivity index (χ4n) is 1.44. The number of nitrogens with two attached hydrogens (primary N) is 1. The Morgan fingerprint density at radius 1 is 1.45 bits per heavy atom. The minimum Gasteiger partial charge on any atom is -0.478 e. The van der Waals surface area contributed by atoms with Crippen molar-refractivity contribution < 1.29 is 13.9 Å². The van der Waals surface area contributed by atoms with E-state index in [0.717, 1.165) is 0 Å². The Morgan fingerprint density at radius 3 is 2.55 bits per heavy atom. The van der Waals surface area contributed by atoms with Crippen molar-refractivity contribution in [2.24, 2.45) is 5.73 Å². The first-order valence-electron chi connectivity index (χ1n) is 6.31. The van der Waals surface area contributed by atoms with Crippen LogP contribution < -0.4 is 15.8 Å². The average Bonchev–Trinajstić information content (AvgIpc) is 2.34. The zero-order valence-electron chi connectivity index (χ0n) is 12.0. The normalized spacial score (nSPS) is 12.2. The summed E-state index contributed by atoms with van der Waals surface area (Å²) in [5.41, 5.74) is 5.29. The summed E-state index contributed by atoms with van der Waals surface area (Å²) in [5.74, 6) is -0.686. The van der Waals surface area contributed by atoms with Gasteiger partial charge in [-0.25, -0.2) is 4.39 Å². The highest BCUT2D eigenvalue weighted by atomic mass is 35.5. The van der Waals surface area contributed by atoms with Crippen LogP contribution in [0, 0.1) is 5.82 Å². The van der Waals surface area contributed by atoms with Gasteiger partial charge in [0.15, 0.2) is 17.7 Å². The van der Waals surface area contributed by atoms with E-state index in [9.17, 15) is 9.18 Å². The van der Waals surface area contributed by atoms with Gasteiger partial charge in [-0.3, -0.25) is 4.79 Å². The molecule has 0 aliphatic carbocycles. The molecular weight excluding hydrogens is 283 g/mol. The zero-order valence-corrected chi connectivity index (χ0v) is 12.8. The maximum atomic E-state index is 13.4. The van der Waals surface area contributed by atoms with Crippen LogP contribution in [-0.2, 0) is 4.79 Å². The predicted molar refractivity (Wildman–Crippen MR) is 79.6 cm³/mol. The molecule has 1 aromatic rings. The van der Waals surface area contributed by atoms with Crippen molar-refractivity contribution in [1.29, 1.82) is 0 Å². The SMILES string of the molecule is CCC(Oc1ccccc1F)C(=O)NCC(C)(C)N.Cl. The Hall–Kier alpha value is -1.33. The molecule has 0 saturated carbocycles. The summed E-state index contributed by atoms with van der Waals surface area (Å²) in [5, 5.41) is 2.70. The highest BCUT2D eigenvalue weighted by Gasteiger charge is 2.21. The highest BCUT2D eigenvalue weighted by Crippen LogP contribution is 2.18. The van der Waals surface area contributed by atoms with Gasteiger partial charge in [-0.15, -0.1) is 12.4 Å². The molecule has 0 heterocycles. The van der Waals surface area contributed by atoms with E-state index in [4.69, 9.17) is 10.5 Å². The number of amides is 1. The van der Waals surface area contributed by atoms with Crippen molar-refractivity contribution in [3.8, 4) is 5.75 Å². The molecule has 1 unspecified atom stereocenters. The number of carbonyl (C=O) groups excluding carboxylic acids is 1. The van der Waals surface area contributed by atoms with Gasteiger partial charge in [-0.05, 0) is 32.4 Å². The number of hydrogen-bond acceptors (Lipinski definition) is 3. The molecule has 0 radical (unpaired) electrons. The minimum absolute atomic E-state index is 0. The molecule has 114 valence electrons. The molecule has 3 N–H and O–H groups in total. The Balaban J connectivity index is 0.00000361. The Bertz CT molecular complexity index is 435. The molecular formula is C14H22ClFN2O2. The zero-order chi connectivity index (χ0) is 14.5. The number of benzene rings is 1. The number of para-hydroxylation sites is 1. The molecule has 1 amide bonds. The third-order valence-corrected chi connectivity index (χ3v) is 2.49. The van der Waals surface area contributed by atoms with Crippen LogP contribution in [0.5, 0.6) is 5.75 Å². The number of carbonyl (C=O) groups is 1. The molecule has 0 bridgehead atoms. The van der Waals surface area contributed by atoms with Crippen LogP contribution in [0.4, 0.5) is 4.39 Å². The summed E-state index contributed by atoms with van der Waals surface area (Å²) in [6, 6.07) is 6.02. The number of halogens is 2. The van der Waals surface area contributed by atoms with Crippen molar-refractivity contribution in [2.75, 3.05) is 6.54 Å². The molecule has 1 atom stereocenters. The van der Waals surface area contributed by atoms with Crippen LogP contribution >= 0.6 is 12.4 Å². The molecule has 4 nitrogen and oxygen atoms in total. The van der Waals surface area contributed by atoms with Gasteiger partial charge in [-0.2, -0.15) is 0 Å². The summed E-state index contributed by atoms with van der Waals surface area (Å²) in [7, 11) is 0. The van der Waals surface area contributed by atoms with E-state index in [1.54, 1.807) is 19.1 Å². The first-order chi connectivity index (χ1) is 8.83. The fourth-order valence-corrected chi connectivity index (χ4v) is 1.44. The lowest BCUT2D eigenvalue weighted by atomic mass is 10.1. The highest BCUT2D eigenvalue weighted by molar-refractivity contribution is 5.85. The maximum absolute atomic E-state index is 13.4.